The molecule has 0 aliphatic heterocycles. The van der Waals surface area contributed by atoms with Gasteiger partial charge in [-0.25, -0.2) is 0 Å². The molecule has 0 unspecified atom stereocenters. The minimum Gasteiger partial charge on any atom is -0.163 e. The van der Waals surface area contributed by atoms with Crippen molar-refractivity contribution in [1.29, 1.82) is 0 Å². The van der Waals surface area contributed by atoms with Crippen molar-refractivity contribution in [1.82, 2.24) is 0 Å². The molecule has 0 aliphatic rings. The highest BCUT2D eigenvalue weighted by atomic mass is 32.2. The average Bonchev–Trinajstić information content (AvgIpc) is 1.27. The van der Waals surface area contributed by atoms with Gasteiger partial charge in [-0.05, 0) is 12.2 Å². The highest BCUT2D eigenvalue weighted by Crippen LogP contribution is 1.81. The van der Waals surface area contributed by atoms with Gasteiger partial charge in [-0.3, -0.25) is 0 Å². The maximum atomic E-state index is 9.51. The van der Waals surface area contributed by atoms with E-state index in [1.54, 1.807) is 0 Å². The third-order valence-electron chi connectivity index (χ3n) is 0.153. The number of hydrogen-bond acceptors (Lipinski definition) is 3. The first-order chi connectivity index (χ1) is 3.13. The Morgan fingerprint density at radius 3 is 2.14 bits per heavy atom. The first-order valence-electron chi connectivity index (χ1n) is 1.17. The van der Waals surface area contributed by atoms with E-state index in [-0.39, 0.29) is 4.32 Å². The van der Waals surface area contributed by atoms with Crippen LogP contribution >= 0.6 is 24.8 Å². The molecule has 0 saturated carbocycles. The van der Waals surface area contributed by atoms with Gasteiger partial charge in [0.15, 0.2) is 4.32 Å². The lowest BCUT2D eigenvalue weighted by atomic mass is 11.5. The Morgan fingerprint density at radius 1 is 1.71 bits per heavy atom. The predicted octanol–water partition coefficient (Wildman–Crippen LogP) is 0.264. The van der Waals surface area contributed by atoms with Crippen molar-refractivity contribution < 1.29 is 8.42 Å². The molecule has 6 heteroatoms. The molecule has 0 rings (SSSR count). The van der Waals surface area contributed by atoms with Crippen molar-refractivity contribution >= 4 is 39.7 Å². The summed E-state index contributed by atoms with van der Waals surface area (Å²) in [7, 11) is -2.44. The van der Waals surface area contributed by atoms with Crippen LogP contribution in [-0.2, 0) is 10.5 Å². The van der Waals surface area contributed by atoms with Gasteiger partial charge in [-0.1, -0.05) is 0 Å². The second kappa shape index (κ2) is 3.11. The van der Waals surface area contributed by atoms with E-state index in [4.69, 9.17) is 0 Å². The van der Waals surface area contributed by atoms with Crippen LogP contribution < -0.4 is 0 Å². The van der Waals surface area contributed by atoms with E-state index in [9.17, 15) is 8.42 Å². The molecule has 3 nitrogen and oxygen atoms in total. The van der Waals surface area contributed by atoms with Gasteiger partial charge < -0.3 is 0 Å². The lowest BCUT2D eigenvalue weighted by molar-refractivity contribution is 0.623. The van der Waals surface area contributed by atoms with Gasteiger partial charge in [0, 0.05) is 0 Å². The molecule has 0 radical (unpaired) electrons. The lowest BCUT2D eigenvalue weighted by Crippen LogP contribution is -1.68. The molecule has 0 aromatic rings. The van der Waals surface area contributed by atoms with Crippen molar-refractivity contribution in [2.75, 3.05) is 0 Å². The van der Waals surface area contributed by atoms with Gasteiger partial charge in [0.2, 0.25) is 0 Å². The fraction of sp³-hybridized carbons (Fsp3) is 0. The molecular formula is CHNO2S3. The minimum atomic E-state index is -2.44. The molecular weight excluding hydrogens is 154 g/mol. The summed E-state index contributed by atoms with van der Waals surface area (Å²) in [5.74, 6) is 0. The van der Waals surface area contributed by atoms with Crippen molar-refractivity contribution in [2.24, 2.45) is 4.36 Å². The number of rotatable bonds is 0. The van der Waals surface area contributed by atoms with Crippen LogP contribution in [0.4, 0.5) is 0 Å². The topological polar surface area (TPSA) is 46.5 Å². The van der Waals surface area contributed by atoms with Crippen LogP contribution in [0, 0.1) is 0 Å². The molecule has 0 amide bonds. The molecule has 0 bridgehead atoms. The number of thiocarbonyl (C=S) groups is 1. The van der Waals surface area contributed by atoms with Crippen molar-refractivity contribution in [2.45, 2.75) is 0 Å². The third-order valence-corrected chi connectivity index (χ3v) is 0.926. The lowest BCUT2D eigenvalue weighted by Gasteiger charge is -1.65. The van der Waals surface area contributed by atoms with E-state index in [0.29, 0.717) is 0 Å². The monoisotopic (exact) mass is 155 g/mol. The second-order valence-corrected chi connectivity index (χ2v) is 2.32. The summed E-state index contributed by atoms with van der Waals surface area (Å²) in [6.45, 7) is 0. The maximum absolute atomic E-state index is 9.51. The van der Waals surface area contributed by atoms with Crippen molar-refractivity contribution in [3.8, 4) is 0 Å². The largest absolute Gasteiger partial charge is 0.317 e. The van der Waals surface area contributed by atoms with Crippen LogP contribution in [0.1, 0.15) is 0 Å². The molecule has 0 heterocycles. The molecule has 0 spiro atoms. The quantitative estimate of drug-likeness (QED) is 0.403. The Bertz CT molecular complexity index is 181. The van der Waals surface area contributed by atoms with Crippen LogP contribution in [0.5, 0.6) is 0 Å². The van der Waals surface area contributed by atoms with Gasteiger partial charge in [0.1, 0.15) is 0 Å². The summed E-state index contributed by atoms with van der Waals surface area (Å²) in [6.07, 6.45) is 0. The predicted molar refractivity (Wildman–Crippen MR) is 32.9 cm³/mol. The molecule has 0 saturated heterocycles. The average molecular weight is 155 g/mol. The Hall–Kier alpha value is 0.0600. The van der Waals surface area contributed by atoms with E-state index in [1.165, 1.54) is 0 Å². The van der Waals surface area contributed by atoms with Crippen LogP contribution in [-0.4, -0.2) is 12.7 Å². The minimum absolute atomic E-state index is 0.173. The fourth-order valence-corrected chi connectivity index (χ4v) is 0.574. The van der Waals surface area contributed by atoms with Gasteiger partial charge >= 0.3 is 10.5 Å². The molecule has 0 N–H and O–H groups in total. The Kier molecular flexibility index (Phi) is 3.14. The fourth-order valence-electron chi connectivity index (χ4n) is 0.0638. The van der Waals surface area contributed by atoms with Gasteiger partial charge in [0.05, 0.1) is 0 Å². The molecule has 0 aromatic carbocycles. The van der Waals surface area contributed by atoms with Gasteiger partial charge in [-0.15, -0.1) is 17.0 Å². The Labute approximate surface area is 52.8 Å². The zero-order valence-electron chi connectivity index (χ0n) is 3.03. The van der Waals surface area contributed by atoms with Gasteiger partial charge in [0.25, 0.3) is 0 Å². The SMILES string of the molecule is O=S(=O)=NC(=S)S. The maximum Gasteiger partial charge on any atom is 0.317 e. The molecule has 0 atom stereocenters. The van der Waals surface area contributed by atoms with Crippen LogP contribution in [0.25, 0.3) is 0 Å². The van der Waals surface area contributed by atoms with E-state index in [1.807, 2.05) is 0 Å². The highest BCUT2D eigenvalue weighted by molar-refractivity contribution is 8.11. The zero-order valence-corrected chi connectivity index (χ0v) is 5.55. The smallest absolute Gasteiger partial charge is 0.163 e. The summed E-state index contributed by atoms with van der Waals surface area (Å²) >= 11 is 7.59. The summed E-state index contributed by atoms with van der Waals surface area (Å²) in [6, 6.07) is 0. The molecule has 40 valence electrons. The summed E-state index contributed by atoms with van der Waals surface area (Å²) < 4.78 is 21.6. The highest BCUT2D eigenvalue weighted by Gasteiger charge is 1.75. The number of hydrogen-bond donors (Lipinski definition) is 1. The Balaban J connectivity index is 4.26. The second-order valence-electron chi connectivity index (χ2n) is 0.591. The zero-order chi connectivity index (χ0) is 5.86. The standard InChI is InChI=1S/CHNO2S3/c3-7(4)2-1(5)6/h(H,5,6). The molecule has 0 aliphatic carbocycles. The first-order valence-corrected chi connectivity index (χ1v) is 3.05. The van der Waals surface area contributed by atoms with Crippen LogP contribution in [0.15, 0.2) is 4.36 Å². The summed E-state index contributed by atoms with van der Waals surface area (Å²) in [5.41, 5.74) is 0. The van der Waals surface area contributed by atoms with Crippen molar-refractivity contribution in [3.63, 3.8) is 0 Å². The summed E-state index contributed by atoms with van der Waals surface area (Å²) in [5, 5.41) is 0. The normalized spacial score (nSPS) is 7.57. The Morgan fingerprint density at radius 2 is 2.14 bits per heavy atom. The van der Waals surface area contributed by atoms with Gasteiger partial charge in [-0.2, -0.15) is 8.42 Å². The van der Waals surface area contributed by atoms with E-state index in [2.05, 4.69) is 29.2 Å². The number of nitrogens with zero attached hydrogens (tertiary/aromatic N) is 1. The van der Waals surface area contributed by atoms with E-state index < -0.39 is 10.5 Å². The molecule has 0 aromatic heterocycles. The van der Waals surface area contributed by atoms with Crippen LogP contribution in [0.2, 0.25) is 0 Å². The number of thiol groups is 1. The van der Waals surface area contributed by atoms with E-state index >= 15 is 0 Å². The third kappa shape index (κ3) is 6.06. The van der Waals surface area contributed by atoms with Crippen molar-refractivity contribution in [3.05, 3.63) is 0 Å². The molecule has 7 heavy (non-hydrogen) atoms. The van der Waals surface area contributed by atoms with E-state index in [0.717, 1.165) is 0 Å². The van der Waals surface area contributed by atoms with Crippen LogP contribution in [0.3, 0.4) is 0 Å². The summed E-state index contributed by atoms with van der Waals surface area (Å²) in [4.78, 5) is 0. The first kappa shape index (κ1) is 7.06. The molecule has 0 fully saturated rings.